The molecule has 0 aliphatic carbocycles. The molecule has 0 bridgehead atoms. The Kier molecular flexibility index (Phi) is 9.32. The number of thiocarbonyl (C=S) groups is 1. The summed E-state index contributed by atoms with van der Waals surface area (Å²) in [6, 6.07) is 7.76. The van der Waals surface area contributed by atoms with Crippen molar-refractivity contribution in [1.29, 1.82) is 5.26 Å². The Morgan fingerprint density at radius 2 is 1.87 bits per heavy atom. The number of morpholine rings is 1. The van der Waals surface area contributed by atoms with Crippen molar-refractivity contribution in [1.82, 2.24) is 9.47 Å². The molecular weight excluding hydrogens is 536 g/mol. The first-order valence-electron chi connectivity index (χ1n) is 12.8. The molecule has 0 radical (unpaired) electrons. The zero-order valence-electron chi connectivity index (χ0n) is 22.6. The van der Waals surface area contributed by atoms with E-state index in [1.807, 2.05) is 25.1 Å². The van der Waals surface area contributed by atoms with Gasteiger partial charge in [0, 0.05) is 31.7 Å². The second-order valence-corrected chi connectivity index (χ2v) is 10.9. The third kappa shape index (κ3) is 5.83. The zero-order valence-corrected chi connectivity index (χ0v) is 24.2. The standard InChI is InChI=1S/C28H32N4O5S2/c1-5-9-31-25(30-11-13-37-14-12-30)20(18(2)21(17-29)26(31)33)16-24-27(34)32(28(38)39-24)10-8-19-6-7-22(35-3)23(15-19)36-4/h6-7,15-16H,5,8-14H2,1-4H3/b24-16-. The highest BCUT2D eigenvalue weighted by atomic mass is 32.2. The van der Waals surface area contributed by atoms with E-state index in [4.69, 9.17) is 26.4 Å². The fourth-order valence-corrected chi connectivity index (χ4v) is 6.08. The summed E-state index contributed by atoms with van der Waals surface area (Å²) in [7, 11) is 3.17. The summed E-state index contributed by atoms with van der Waals surface area (Å²) >= 11 is 6.83. The Bertz CT molecular complexity index is 1410. The second kappa shape index (κ2) is 12.7. The molecule has 1 amide bonds. The van der Waals surface area contributed by atoms with Gasteiger partial charge in [-0.25, -0.2) is 0 Å². The van der Waals surface area contributed by atoms with Crippen LogP contribution in [0.25, 0.3) is 6.08 Å². The fraction of sp³-hybridized carbons (Fsp3) is 0.429. The molecule has 2 saturated heterocycles. The largest absolute Gasteiger partial charge is 0.493 e. The van der Waals surface area contributed by atoms with Gasteiger partial charge in [0.2, 0.25) is 0 Å². The Morgan fingerprint density at radius 3 is 2.51 bits per heavy atom. The molecule has 1 aromatic heterocycles. The van der Waals surface area contributed by atoms with Crippen LogP contribution >= 0.6 is 24.0 Å². The summed E-state index contributed by atoms with van der Waals surface area (Å²) in [5, 5.41) is 9.83. The van der Waals surface area contributed by atoms with Crippen LogP contribution in [-0.2, 0) is 22.5 Å². The van der Waals surface area contributed by atoms with Crippen molar-refractivity contribution in [2.45, 2.75) is 33.2 Å². The molecule has 0 spiro atoms. The predicted octanol–water partition coefficient (Wildman–Crippen LogP) is 3.74. The highest BCUT2D eigenvalue weighted by molar-refractivity contribution is 8.26. The maximum absolute atomic E-state index is 13.5. The van der Waals surface area contributed by atoms with Crippen molar-refractivity contribution in [3.63, 3.8) is 0 Å². The lowest BCUT2D eigenvalue weighted by Crippen LogP contribution is -2.41. The third-order valence-electron chi connectivity index (χ3n) is 6.83. The first-order valence-corrected chi connectivity index (χ1v) is 14.0. The van der Waals surface area contributed by atoms with Crippen molar-refractivity contribution in [3.05, 3.63) is 55.7 Å². The number of aromatic nitrogens is 1. The van der Waals surface area contributed by atoms with Gasteiger partial charge in [-0.2, -0.15) is 5.26 Å². The molecule has 9 nitrogen and oxygen atoms in total. The van der Waals surface area contributed by atoms with Crippen LogP contribution in [0.2, 0.25) is 0 Å². The lowest BCUT2D eigenvalue weighted by Gasteiger charge is -2.33. The zero-order chi connectivity index (χ0) is 28.1. The van der Waals surface area contributed by atoms with Crippen LogP contribution in [0.5, 0.6) is 11.5 Å². The second-order valence-electron chi connectivity index (χ2n) is 9.18. The number of amides is 1. The highest BCUT2D eigenvalue weighted by Crippen LogP contribution is 2.36. The predicted molar refractivity (Wildman–Crippen MR) is 157 cm³/mol. The van der Waals surface area contributed by atoms with Crippen molar-refractivity contribution in [2.24, 2.45) is 0 Å². The molecule has 11 heteroatoms. The molecule has 2 aromatic rings. The first-order chi connectivity index (χ1) is 18.8. The molecule has 0 N–H and O–H groups in total. The van der Waals surface area contributed by atoms with E-state index < -0.39 is 0 Å². The number of hydrogen-bond donors (Lipinski definition) is 0. The van der Waals surface area contributed by atoms with Crippen molar-refractivity contribution >= 4 is 46.1 Å². The summed E-state index contributed by atoms with van der Waals surface area (Å²) < 4.78 is 18.4. The molecule has 4 rings (SSSR count). The van der Waals surface area contributed by atoms with Gasteiger partial charge in [-0.3, -0.25) is 19.1 Å². The van der Waals surface area contributed by atoms with Gasteiger partial charge in [0.25, 0.3) is 11.5 Å². The van der Waals surface area contributed by atoms with Crippen LogP contribution in [0.3, 0.4) is 0 Å². The normalized spacial score (nSPS) is 16.6. The van der Waals surface area contributed by atoms with Gasteiger partial charge in [0.1, 0.15) is 21.8 Å². The number of pyridine rings is 1. The van der Waals surface area contributed by atoms with Crippen LogP contribution < -0.4 is 19.9 Å². The van der Waals surface area contributed by atoms with Crippen LogP contribution in [0, 0.1) is 18.3 Å². The summed E-state index contributed by atoms with van der Waals surface area (Å²) in [6.07, 6.45) is 3.10. The first kappa shape index (κ1) is 28.7. The number of nitrogens with zero attached hydrogens (tertiary/aromatic N) is 4. The summed E-state index contributed by atoms with van der Waals surface area (Å²) in [4.78, 5) is 31.0. The Morgan fingerprint density at radius 1 is 1.15 bits per heavy atom. The number of benzene rings is 1. The number of hydrogen-bond acceptors (Lipinski definition) is 9. The molecule has 2 aliphatic rings. The molecule has 39 heavy (non-hydrogen) atoms. The van der Waals surface area contributed by atoms with E-state index >= 15 is 0 Å². The third-order valence-corrected chi connectivity index (χ3v) is 8.20. The van der Waals surface area contributed by atoms with E-state index in [9.17, 15) is 14.9 Å². The quantitative estimate of drug-likeness (QED) is 0.331. The van der Waals surface area contributed by atoms with Crippen molar-refractivity contribution in [2.75, 3.05) is 52.0 Å². The van der Waals surface area contributed by atoms with Gasteiger partial charge >= 0.3 is 0 Å². The van der Waals surface area contributed by atoms with E-state index in [0.717, 1.165) is 17.8 Å². The van der Waals surface area contributed by atoms with Crippen LogP contribution in [-0.4, -0.2) is 66.8 Å². The number of nitriles is 1. The lowest BCUT2D eigenvalue weighted by atomic mass is 10.0. The lowest BCUT2D eigenvalue weighted by molar-refractivity contribution is -0.122. The van der Waals surface area contributed by atoms with E-state index in [1.165, 1.54) is 11.8 Å². The van der Waals surface area contributed by atoms with Gasteiger partial charge in [-0.1, -0.05) is 37.0 Å². The molecule has 2 aliphatic heterocycles. The van der Waals surface area contributed by atoms with Gasteiger partial charge < -0.3 is 19.1 Å². The van der Waals surface area contributed by atoms with Gasteiger partial charge in [0.05, 0.1) is 32.3 Å². The van der Waals surface area contributed by atoms with Crippen LogP contribution in [0.1, 0.15) is 35.6 Å². The average molecular weight is 569 g/mol. The van der Waals surface area contributed by atoms with Crippen LogP contribution in [0.4, 0.5) is 5.82 Å². The monoisotopic (exact) mass is 568 g/mol. The summed E-state index contributed by atoms with van der Waals surface area (Å²) in [5.41, 5.74) is 2.03. The van der Waals surface area contributed by atoms with E-state index in [-0.39, 0.29) is 17.0 Å². The Hall–Kier alpha value is -3.33. The van der Waals surface area contributed by atoms with Gasteiger partial charge in [-0.05, 0) is 49.1 Å². The fourth-order valence-electron chi connectivity index (χ4n) is 4.79. The molecule has 0 unspecified atom stereocenters. The van der Waals surface area contributed by atoms with Gasteiger partial charge in [0.15, 0.2) is 11.5 Å². The minimum Gasteiger partial charge on any atom is -0.493 e. The molecule has 206 valence electrons. The summed E-state index contributed by atoms with van der Waals surface area (Å²) in [6.45, 7) is 6.94. The number of anilines is 1. The number of thioether (sulfide) groups is 1. The molecule has 2 fully saturated rings. The maximum Gasteiger partial charge on any atom is 0.270 e. The molecule has 1 aromatic carbocycles. The maximum atomic E-state index is 13.5. The SMILES string of the molecule is CCCn1c(N2CCOCC2)c(/C=C2\SC(=S)N(CCc3ccc(OC)c(OC)c3)C2=O)c(C)c(C#N)c1=O. The number of carbonyl (C=O) groups excluding carboxylic acids is 1. The van der Waals surface area contributed by atoms with E-state index in [1.54, 1.807) is 36.7 Å². The summed E-state index contributed by atoms with van der Waals surface area (Å²) in [5.74, 6) is 1.80. The molecule has 3 heterocycles. The van der Waals surface area contributed by atoms with Crippen LogP contribution in [0.15, 0.2) is 27.9 Å². The number of carbonyl (C=O) groups is 1. The smallest absolute Gasteiger partial charge is 0.270 e. The highest BCUT2D eigenvalue weighted by Gasteiger charge is 2.33. The van der Waals surface area contributed by atoms with Crippen molar-refractivity contribution in [3.8, 4) is 17.6 Å². The average Bonchev–Trinajstić information content (AvgIpc) is 3.22. The van der Waals surface area contributed by atoms with Gasteiger partial charge in [-0.15, -0.1) is 0 Å². The Balaban J connectivity index is 1.69. The minimum absolute atomic E-state index is 0.0932. The Labute approximate surface area is 237 Å². The number of methoxy groups -OCH3 is 2. The number of ether oxygens (including phenoxy) is 3. The van der Waals surface area contributed by atoms with E-state index in [0.29, 0.717) is 77.7 Å². The molecule has 0 atom stereocenters. The molecular formula is C28H32N4O5S2. The number of rotatable bonds is 9. The van der Waals surface area contributed by atoms with E-state index in [2.05, 4.69) is 11.0 Å². The topological polar surface area (TPSA) is 97.0 Å². The minimum atomic E-state index is -0.307. The molecule has 0 saturated carbocycles. The van der Waals surface area contributed by atoms with Crippen molar-refractivity contribution < 1.29 is 19.0 Å².